The van der Waals surface area contributed by atoms with Gasteiger partial charge in [0.05, 0.1) is 4.90 Å². The van der Waals surface area contributed by atoms with Crippen LogP contribution in [0.5, 0.6) is 11.6 Å². The molecule has 0 radical (unpaired) electrons. The monoisotopic (exact) mass is 421 g/mol. The number of hydrogen-bond acceptors (Lipinski definition) is 6. The molecular formula is C21H19N5O3S. The Labute approximate surface area is 174 Å². The summed E-state index contributed by atoms with van der Waals surface area (Å²) >= 11 is 0. The summed E-state index contributed by atoms with van der Waals surface area (Å²) in [5, 5.41) is 4.12. The summed E-state index contributed by atoms with van der Waals surface area (Å²) in [7, 11) is -3.68. The maximum Gasteiger partial charge on any atom is 0.261 e. The number of nitrogens with one attached hydrogen (secondary N) is 1. The number of sulfonamides is 1. The molecule has 9 heteroatoms. The Morgan fingerprint density at radius 2 is 1.77 bits per heavy atom. The van der Waals surface area contributed by atoms with Crippen molar-refractivity contribution in [3.63, 3.8) is 0 Å². The third-order valence-electron chi connectivity index (χ3n) is 4.48. The van der Waals surface area contributed by atoms with Crippen molar-refractivity contribution in [1.82, 2.24) is 19.7 Å². The van der Waals surface area contributed by atoms with Gasteiger partial charge in [-0.3, -0.25) is 4.72 Å². The molecule has 152 valence electrons. The van der Waals surface area contributed by atoms with Crippen LogP contribution in [-0.2, 0) is 10.0 Å². The Bertz CT molecular complexity index is 1270. The van der Waals surface area contributed by atoms with Crippen molar-refractivity contribution in [2.75, 3.05) is 4.72 Å². The molecule has 0 aliphatic heterocycles. The molecule has 8 nitrogen and oxygen atoms in total. The van der Waals surface area contributed by atoms with Crippen LogP contribution in [0.15, 0.2) is 78.2 Å². The van der Waals surface area contributed by atoms with Crippen LogP contribution in [0.25, 0.3) is 5.82 Å². The summed E-state index contributed by atoms with van der Waals surface area (Å²) in [5.74, 6) is 1.43. The predicted molar refractivity (Wildman–Crippen MR) is 112 cm³/mol. The van der Waals surface area contributed by atoms with E-state index in [1.54, 1.807) is 71.7 Å². The first-order chi connectivity index (χ1) is 14.4. The van der Waals surface area contributed by atoms with Gasteiger partial charge in [0.15, 0.2) is 5.82 Å². The van der Waals surface area contributed by atoms with Gasteiger partial charge in [-0.25, -0.2) is 23.1 Å². The third-order valence-corrected chi connectivity index (χ3v) is 5.86. The first-order valence-electron chi connectivity index (χ1n) is 9.11. The summed E-state index contributed by atoms with van der Waals surface area (Å²) in [4.78, 5) is 8.47. The summed E-state index contributed by atoms with van der Waals surface area (Å²) in [6.45, 7) is 3.82. The van der Waals surface area contributed by atoms with E-state index in [4.69, 9.17) is 4.74 Å². The highest BCUT2D eigenvalue weighted by molar-refractivity contribution is 7.92. The molecule has 0 amide bonds. The van der Waals surface area contributed by atoms with Gasteiger partial charge in [-0.15, -0.1) is 0 Å². The normalized spacial score (nSPS) is 11.3. The molecule has 0 unspecified atom stereocenters. The van der Waals surface area contributed by atoms with Crippen LogP contribution >= 0.6 is 0 Å². The summed E-state index contributed by atoms with van der Waals surface area (Å²) in [6, 6.07) is 15.1. The standard InChI is InChI=1S/C21H19N5O3S/c1-15-4-9-19(12-16(15)2)30(27,28)25-17-5-7-18(8-6-17)29-21-13-20(22-14-23-21)26-11-3-10-24-26/h3-14,25H,1-2H3. The molecule has 0 atom stereocenters. The van der Waals surface area contributed by atoms with Gasteiger partial charge >= 0.3 is 0 Å². The molecule has 2 aromatic carbocycles. The van der Waals surface area contributed by atoms with E-state index in [1.807, 2.05) is 13.8 Å². The van der Waals surface area contributed by atoms with Gasteiger partial charge in [-0.2, -0.15) is 5.10 Å². The average molecular weight is 421 g/mol. The van der Waals surface area contributed by atoms with E-state index in [0.29, 0.717) is 23.1 Å². The molecule has 0 saturated heterocycles. The quantitative estimate of drug-likeness (QED) is 0.507. The minimum Gasteiger partial charge on any atom is -0.439 e. The van der Waals surface area contributed by atoms with Gasteiger partial charge in [0.25, 0.3) is 10.0 Å². The Morgan fingerprint density at radius 3 is 2.47 bits per heavy atom. The zero-order chi connectivity index (χ0) is 21.1. The van der Waals surface area contributed by atoms with Gasteiger partial charge in [0.1, 0.15) is 12.1 Å². The molecule has 1 N–H and O–H groups in total. The lowest BCUT2D eigenvalue weighted by molar-refractivity contribution is 0.460. The SMILES string of the molecule is Cc1ccc(S(=O)(=O)Nc2ccc(Oc3cc(-n4cccn4)ncn3)cc2)cc1C. The zero-order valence-corrected chi connectivity index (χ0v) is 17.2. The Hall–Kier alpha value is -3.72. The fourth-order valence-electron chi connectivity index (χ4n) is 2.72. The number of nitrogens with zero attached hydrogens (tertiary/aromatic N) is 4. The van der Waals surface area contributed by atoms with Crippen molar-refractivity contribution in [3.8, 4) is 17.4 Å². The van der Waals surface area contributed by atoms with Crippen LogP contribution in [0.1, 0.15) is 11.1 Å². The largest absolute Gasteiger partial charge is 0.439 e. The summed E-state index contributed by atoms with van der Waals surface area (Å²) in [5.41, 5.74) is 2.39. The first-order valence-corrected chi connectivity index (χ1v) is 10.6. The second-order valence-electron chi connectivity index (χ2n) is 6.64. The van der Waals surface area contributed by atoms with E-state index in [2.05, 4.69) is 19.8 Å². The molecule has 0 aliphatic rings. The van der Waals surface area contributed by atoms with Crippen molar-refractivity contribution in [2.24, 2.45) is 0 Å². The van der Waals surface area contributed by atoms with E-state index >= 15 is 0 Å². The van der Waals surface area contributed by atoms with Gasteiger partial charge in [-0.1, -0.05) is 6.07 Å². The Morgan fingerprint density at radius 1 is 0.967 bits per heavy atom. The summed E-state index contributed by atoms with van der Waals surface area (Å²) < 4.78 is 35.2. The van der Waals surface area contributed by atoms with Crippen LogP contribution in [0.3, 0.4) is 0 Å². The van der Waals surface area contributed by atoms with Crippen LogP contribution in [0, 0.1) is 13.8 Å². The number of ether oxygens (including phenoxy) is 1. The lowest BCUT2D eigenvalue weighted by Crippen LogP contribution is -2.13. The number of benzene rings is 2. The number of hydrogen-bond donors (Lipinski definition) is 1. The highest BCUT2D eigenvalue weighted by Gasteiger charge is 2.15. The van der Waals surface area contributed by atoms with Crippen molar-refractivity contribution in [1.29, 1.82) is 0 Å². The number of aryl methyl sites for hydroxylation is 2. The van der Waals surface area contributed by atoms with E-state index in [1.165, 1.54) is 6.33 Å². The van der Waals surface area contributed by atoms with Crippen molar-refractivity contribution < 1.29 is 13.2 Å². The van der Waals surface area contributed by atoms with Crippen molar-refractivity contribution in [2.45, 2.75) is 18.7 Å². The lowest BCUT2D eigenvalue weighted by atomic mass is 10.1. The highest BCUT2D eigenvalue weighted by atomic mass is 32.2. The first kappa shape index (κ1) is 19.6. The van der Waals surface area contributed by atoms with E-state index < -0.39 is 10.0 Å². The Balaban J connectivity index is 1.48. The van der Waals surface area contributed by atoms with Gasteiger partial charge in [0, 0.05) is 24.1 Å². The number of rotatable bonds is 6. The minimum atomic E-state index is -3.68. The van der Waals surface area contributed by atoms with Crippen LogP contribution in [-0.4, -0.2) is 28.2 Å². The molecule has 2 heterocycles. The molecule has 4 rings (SSSR count). The van der Waals surface area contributed by atoms with Gasteiger partial charge in [-0.05, 0) is 67.4 Å². The maximum absolute atomic E-state index is 12.6. The van der Waals surface area contributed by atoms with Crippen LogP contribution in [0.2, 0.25) is 0 Å². The number of aromatic nitrogens is 4. The second-order valence-corrected chi connectivity index (χ2v) is 8.33. The van der Waals surface area contributed by atoms with Crippen LogP contribution < -0.4 is 9.46 Å². The molecule has 0 spiro atoms. The number of anilines is 1. The molecule has 30 heavy (non-hydrogen) atoms. The fraction of sp³-hybridized carbons (Fsp3) is 0.0952. The van der Waals surface area contributed by atoms with E-state index in [9.17, 15) is 8.42 Å². The third kappa shape index (κ3) is 4.31. The molecule has 0 aliphatic carbocycles. The molecule has 0 bridgehead atoms. The zero-order valence-electron chi connectivity index (χ0n) is 16.4. The fourth-order valence-corrected chi connectivity index (χ4v) is 3.87. The Kier molecular flexibility index (Phi) is 5.20. The second kappa shape index (κ2) is 7.96. The van der Waals surface area contributed by atoms with Crippen LogP contribution in [0.4, 0.5) is 5.69 Å². The van der Waals surface area contributed by atoms with Crippen molar-refractivity contribution >= 4 is 15.7 Å². The molecular weight excluding hydrogens is 402 g/mol. The minimum absolute atomic E-state index is 0.220. The molecule has 0 fully saturated rings. The lowest BCUT2D eigenvalue weighted by Gasteiger charge is -2.11. The molecule has 0 saturated carbocycles. The topological polar surface area (TPSA) is 99.0 Å². The van der Waals surface area contributed by atoms with E-state index in [-0.39, 0.29) is 4.90 Å². The highest BCUT2D eigenvalue weighted by Crippen LogP contribution is 2.24. The van der Waals surface area contributed by atoms with Crippen molar-refractivity contribution in [3.05, 3.63) is 84.4 Å². The average Bonchev–Trinajstić information content (AvgIpc) is 3.26. The summed E-state index contributed by atoms with van der Waals surface area (Å²) in [6.07, 6.45) is 4.81. The maximum atomic E-state index is 12.6. The smallest absolute Gasteiger partial charge is 0.261 e. The molecule has 2 aromatic heterocycles. The van der Waals surface area contributed by atoms with E-state index in [0.717, 1.165) is 11.1 Å². The molecule has 4 aromatic rings. The predicted octanol–water partition coefficient (Wildman–Crippen LogP) is 3.87. The van der Waals surface area contributed by atoms with Gasteiger partial charge in [0.2, 0.25) is 5.88 Å². The van der Waals surface area contributed by atoms with Gasteiger partial charge < -0.3 is 4.74 Å².